The topological polar surface area (TPSA) is 69.6 Å². The van der Waals surface area contributed by atoms with E-state index in [9.17, 15) is 15.0 Å². The lowest BCUT2D eigenvalue weighted by Crippen LogP contribution is -2.45. The smallest absolute Gasteiger partial charge is 0.220 e. The average Bonchev–Trinajstić information content (AvgIpc) is 2.87. The second-order valence-electron chi connectivity index (χ2n) is 11.2. The van der Waals surface area contributed by atoms with Crippen LogP contribution in [0, 0.1) is 0 Å². The van der Waals surface area contributed by atoms with E-state index in [1.54, 1.807) is 0 Å². The number of unbranched alkanes of at least 4 members (excludes halogenated alkanes) is 22. The number of amides is 1. The molecule has 36 heavy (non-hydrogen) atoms. The van der Waals surface area contributed by atoms with Crippen LogP contribution in [0.15, 0.2) is 0 Å². The summed E-state index contributed by atoms with van der Waals surface area (Å²) < 4.78 is 0. The lowest BCUT2D eigenvalue weighted by molar-refractivity contribution is -0.123. The highest BCUT2D eigenvalue weighted by atomic mass is 16.3. The highest BCUT2D eigenvalue weighted by Crippen LogP contribution is 2.16. The van der Waals surface area contributed by atoms with Gasteiger partial charge < -0.3 is 15.5 Å². The Morgan fingerprint density at radius 2 is 0.889 bits per heavy atom. The summed E-state index contributed by atoms with van der Waals surface area (Å²) in [5.41, 5.74) is 0. The Morgan fingerprint density at radius 1 is 0.556 bits per heavy atom. The van der Waals surface area contributed by atoms with Gasteiger partial charge in [-0.1, -0.05) is 162 Å². The number of rotatable bonds is 29. The van der Waals surface area contributed by atoms with Crippen molar-refractivity contribution in [2.45, 2.75) is 193 Å². The van der Waals surface area contributed by atoms with E-state index >= 15 is 0 Å². The summed E-state index contributed by atoms with van der Waals surface area (Å²) in [6.07, 6.45) is 32.8. The van der Waals surface area contributed by atoms with Crippen molar-refractivity contribution in [3.8, 4) is 0 Å². The fraction of sp³-hybridized carbons (Fsp3) is 0.969. The van der Waals surface area contributed by atoms with Gasteiger partial charge in [0.05, 0.1) is 18.8 Å². The first-order valence-electron chi connectivity index (χ1n) is 16.2. The Balaban J connectivity index is 3.27. The fourth-order valence-electron chi connectivity index (χ4n) is 5.11. The Hall–Kier alpha value is -0.610. The van der Waals surface area contributed by atoms with Crippen molar-refractivity contribution in [1.82, 2.24) is 5.32 Å². The molecule has 0 heterocycles. The molecule has 0 aromatic carbocycles. The van der Waals surface area contributed by atoms with E-state index in [0.717, 1.165) is 19.3 Å². The van der Waals surface area contributed by atoms with Crippen molar-refractivity contribution >= 4 is 5.91 Å². The molecule has 0 aromatic rings. The minimum absolute atomic E-state index is 0.0834. The molecule has 4 heteroatoms. The zero-order chi connectivity index (χ0) is 26.5. The maximum Gasteiger partial charge on any atom is 0.220 e. The van der Waals surface area contributed by atoms with Gasteiger partial charge in [-0.2, -0.15) is 0 Å². The number of hydrogen-bond donors (Lipinski definition) is 3. The monoisotopic (exact) mass is 511 g/mol. The van der Waals surface area contributed by atoms with Crippen LogP contribution in [0.2, 0.25) is 0 Å². The summed E-state index contributed by atoms with van der Waals surface area (Å²) in [5.74, 6) is -0.0834. The zero-order valence-corrected chi connectivity index (χ0v) is 24.5. The molecule has 0 radical (unpaired) electrons. The molecule has 2 atom stereocenters. The lowest BCUT2D eigenvalue weighted by atomic mass is 10.0. The third-order valence-electron chi connectivity index (χ3n) is 7.59. The molecule has 3 N–H and O–H groups in total. The van der Waals surface area contributed by atoms with Crippen molar-refractivity contribution in [3.63, 3.8) is 0 Å². The molecule has 4 nitrogen and oxygen atoms in total. The fourth-order valence-corrected chi connectivity index (χ4v) is 5.11. The Kier molecular flexibility index (Phi) is 28.5. The first kappa shape index (κ1) is 35.4. The molecule has 0 aliphatic heterocycles. The first-order valence-corrected chi connectivity index (χ1v) is 16.2. The van der Waals surface area contributed by atoms with Gasteiger partial charge >= 0.3 is 0 Å². The number of aliphatic hydroxyl groups is 2. The van der Waals surface area contributed by atoms with E-state index in [2.05, 4.69) is 12.2 Å². The predicted octanol–water partition coefficient (Wildman–Crippen LogP) is 9.01. The minimum Gasteiger partial charge on any atom is -0.394 e. The number of hydrogen-bond acceptors (Lipinski definition) is 3. The standard InChI is InChI=1S/C32H65NO3/c1-3-5-6-7-8-9-10-11-12-13-14-15-16-17-18-19-20-21-22-23-24-25-26-28-31(35)30(29-34)33-32(36)27-4-2/h30-31,34-35H,3-29H2,1-2H3,(H,33,36). The van der Waals surface area contributed by atoms with Crippen LogP contribution in [0.4, 0.5) is 0 Å². The van der Waals surface area contributed by atoms with Crippen molar-refractivity contribution in [2.75, 3.05) is 6.61 Å². The van der Waals surface area contributed by atoms with Crippen molar-refractivity contribution in [3.05, 3.63) is 0 Å². The molecule has 0 saturated carbocycles. The van der Waals surface area contributed by atoms with Gasteiger partial charge in [-0.25, -0.2) is 0 Å². The normalized spacial score (nSPS) is 13.1. The maximum absolute atomic E-state index is 11.7. The van der Waals surface area contributed by atoms with E-state index < -0.39 is 12.1 Å². The third-order valence-corrected chi connectivity index (χ3v) is 7.59. The van der Waals surface area contributed by atoms with Crippen LogP contribution in [0.1, 0.15) is 181 Å². The number of carbonyl (C=O) groups excluding carboxylic acids is 1. The van der Waals surface area contributed by atoms with E-state index in [4.69, 9.17) is 0 Å². The van der Waals surface area contributed by atoms with Gasteiger partial charge in [0.15, 0.2) is 0 Å². The Bertz CT molecular complexity index is 443. The van der Waals surface area contributed by atoms with E-state index in [0.29, 0.717) is 12.8 Å². The average molecular weight is 512 g/mol. The first-order chi connectivity index (χ1) is 17.7. The zero-order valence-electron chi connectivity index (χ0n) is 24.5. The van der Waals surface area contributed by atoms with Gasteiger partial charge in [0.2, 0.25) is 5.91 Å². The van der Waals surface area contributed by atoms with Crippen LogP contribution in [0.3, 0.4) is 0 Å². The second-order valence-corrected chi connectivity index (χ2v) is 11.2. The van der Waals surface area contributed by atoms with Gasteiger partial charge in [-0.3, -0.25) is 4.79 Å². The van der Waals surface area contributed by atoms with Gasteiger partial charge in [0.1, 0.15) is 0 Å². The van der Waals surface area contributed by atoms with Crippen LogP contribution in [-0.2, 0) is 4.79 Å². The van der Waals surface area contributed by atoms with E-state index in [1.807, 2.05) is 6.92 Å². The van der Waals surface area contributed by atoms with Crippen LogP contribution in [0.25, 0.3) is 0 Å². The quantitative estimate of drug-likeness (QED) is 0.0877. The molecular formula is C32H65NO3. The van der Waals surface area contributed by atoms with Gasteiger partial charge in [0, 0.05) is 6.42 Å². The molecule has 0 bridgehead atoms. The summed E-state index contributed by atoms with van der Waals surface area (Å²) in [6.45, 7) is 4.04. The third kappa shape index (κ3) is 25.1. The maximum atomic E-state index is 11.7. The predicted molar refractivity (Wildman–Crippen MR) is 156 cm³/mol. The Morgan fingerprint density at radius 3 is 1.19 bits per heavy atom. The molecule has 1 amide bonds. The Labute approximate surface area is 225 Å². The summed E-state index contributed by atoms with van der Waals surface area (Å²) in [4.78, 5) is 11.7. The molecule has 0 rings (SSSR count). The molecule has 2 unspecified atom stereocenters. The number of aliphatic hydroxyl groups excluding tert-OH is 2. The van der Waals surface area contributed by atoms with Crippen LogP contribution in [-0.4, -0.2) is 34.9 Å². The van der Waals surface area contributed by atoms with Crippen molar-refractivity contribution < 1.29 is 15.0 Å². The molecular weight excluding hydrogens is 446 g/mol. The van der Waals surface area contributed by atoms with E-state index in [1.165, 1.54) is 135 Å². The molecule has 0 spiro atoms. The summed E-state index contributed by atoms with van der Waals surface area (Å²) in [6, 6.07) is -0.524. The number of carbonyl (C=O) groups is 1. The number of nitrogens with one attached hydrogen (secondary N) is 1. The highest BCUT2D eigenvalue weighted by molar-refractivity contribution is 5.76. The van der Waals surface area contributed by atoms with Gasteiger partial charge in [-0.15, -0.1) is 0 Å². The second kappa shape index (κ2) is 29.0. The lowest BCUT2D eigenvalue weighted by Gasteiger charge is -2.22. The van der Waals surface area contributed by atoms with Crippen LogP contribution < -0.4 is 5.32 Å². The minimum atomic E-state index is -0.647. The summed E-state index contributed by atoms with van der Waals surface area (Å²) in [7, 11) is 0. The SMILES string of the molecule is CCCCCCCCCCCCCCCCCCCCCCCCCC(O)C(CO)NC(=O)CCC. The van der Waals surface area contributed by atoms with Gasteiger partial charge in [-0.05, 0) is 12.8 Å². The molecule has 216 valence electrons. The molecule has 0 aliphatic rings. The highest BCUT2D eigenvalue weighted by Gasteiger charge is 2.19. The largest absolute Gasteiger partial charge is 0.394 e. The molecule has 0 saturated heterocycles. The van der Waals surface area contributed by atoms with Crippen LogP contribution >= 0.6 is 0 Å². The van der Waals surface area contributed by atoms with E-state index in [-0.39, 0.29) is 12.5 Å². The van der Waals surface area contributed by atoms with Crippen LogP contribution in [0.5, 0.6) is 0 Å². The van der Waals surface area contributed by atoms with Crippen molar-refractivity contribution in [1.29, 1.82) is 0 Å². The molecule has 0 fully saturated rings. The summed E-state index contributed by atoms with van der Waals surface area (Å²) in [5, 5.41) is 22.4. The van der Waals surface area contributed by atoms with Crippen molar-refractivity contribution in [2.24, 2.45) is 0 Å². The molecule has 0 aliphatic carbocycles. The molecule has 0 aromatic heterocycles. The van der Waals surface area contributed by atoms with Gasteiger partial charge in [0.25, 0.3) is 0 Å². The summed E-state index contributed by atoms with van der Waals surface area (Å²) >= 11 is 0.